The van der Waals surface area contributed by atoms with Gasteiger partial charge in [-0.05, 0) is 12.1 Å². The number of halogens is 1. The highest BCUT2D eigenvalue weighted by molar-refractivity contribution is 5.60. The second-order valence-electron chi connectivity index (χ2n) is 3.46. The lowest BCUT2D eigenvalue weighted by Crippen LogP contribution is -2.11. The Morgan fingerprint density at radius 1 is 1.24 bits per heavy atom. The molecule has 0 spiro atoms. The maximum atomic E-state index is 13.0. The van der Waals surface area contributed by atoms with Crippen molar-refractivity contribution in [2.45, 2.75) is 0 Å². The van der Waals surface area contributed by atoms with Gasteiger partial charge >= 0.3 is 0 Å². The van der Waals surface area contributed by atoms with Crippen LogP contribution >= 0.6 is 0 Å². The van der Waals surface area contributed by atoms with Gasteiger partial charge in [-0.1, -0.05) is 6.07 Å². The lowest BCUT2D eigenvalue weighted by Gasteiger charge is -2.18. The number of hydrogen-bond donors (Lipinski definition) is 0. The minimum absolute atomic E-state index is 0.491. The molecule has 1 aromatic carbocycles. The molecule has 5 heteroatoms. The van der Waals surface area contributed by atoms with Gasteiger partial charge in [0.25, 0.3) is 0 Å². The van der Waals surface area contributed by atoms with Crippen molar-refractivity contribution < 1.29 is 9.13 Å². The van der Waals surface area contributed by atoms with Crippen LogP contribution in [0.25, 0.3) is 0 Å². The average Bonchev–Trinajstić information content (AvgIpc) is 2.38. The summed E-state index contributed by atoms with van der Waals surface area (Å²) in [4.78, 5) is 9.18. The molecule has 1 heterocycles. The second-order valence-corrected chi connectivity index (χ2v) is 3.46. The SMILES string of the molecule is COc1cccc(N(C)c2cc(F)ncn2)c1. The zero-order valence-corrected chi connectivity index (χ0v) is 9.59. The summed E-state index contributed by atoms with van der Waals surface area (Å²) in [6.07, 6.45) is 1.20. The minimum Gasteiger partial charge on any atom is -0.497 e. The summed E-state index contributed by atoms with van der Waals surface area (Å²) in [5, 5.41) is 0. The molecule has 0 amide bonds. The number of ether oxygens (including phenoxy) is 1. The van der Waals surface area contributed by atoms with E-state index in [-0.39, 0.29) is 0 Å². The predicted molar refractivity (Wildman–Crippen MR) is 63.0 cm³/mol. The summed E-state index contributed by atoms with van der Waals surface area (Å²) in [5.74, 6) is 0.680. The van der Waals surface area contributed by atoms with Crippen LogP contribution in [0.3, 0.4) is 0 Å². The molecule has 0 fully saturated rings. The van der Waals surface area contributed by atoms with E-state index in [1.54, 1.807) is 19.1 Å². The van der Waals surface area contributed by atoms with Gasteiger partial charge in [0, 0.05) is 24.9 Å². The second kappa shape index (κ2) is 4.78. The van der Waals surface area contributed by atoms with Crippen molar-refractivity contribution in [2.75, 3.05) is 19.1 Å². The molecule has 0 aliphatic heterocycles. The van der Waals surface area contributed by atoms with Crippen LogP contribution in [0.15, 0.2) is 36.7 Å². The van der Waals surface area contributed by atoms with Gasteiger partial charge in [0.2, 0.25) is 5.95 Å². The normalized spacial score (nSPS) is 10.1. The fraction of sp³-hybridized carbons (Fsp3) is 0.167. The van der Waals surface area contributed by atoms with Gasteiger partial charge in [-0.25, -0.2) is 9.97 Å². The van der Waals surface area contributed by atoms with Crippen LogP contribution in [0.1, 0.15) is 0 Å². The third kappa shape index (κ3) is 2.50. The Labute approximate surface area is 98.7 Å². The third-order valence-corrected chi connectivity index (χ3v) is 2.40. The summed E-state index contributed by atoms with van der Waals surface area (Å²) in [6, 6.07) is 8.72. The molecule has 0 atom stereocenters. The third-order valence-electron chi connectivity index (χ3n) is 2.40. The molecule has 4 nitrogen and oxygen atoms in total. The van der Waals surface area contributed by atoms with Crippen molar-refractivity contribution in [1.82, 2.24) is 9.97 Å². The zero-order valence-electron chi connectivity index (χ0n) is 9.59. The zero-order chi connectivity index (χ0) is 12.3. The quantitative estimate of drug-likeness (QED) is 0.763. The first-order valence-electron chi connectivity index (χ1n) is 5.06. The van der Waals surface area contributed by atoms with Crippen LogP contribution in [-0.2, 0) is 0 Å². The topological polar surface area (TPSA) is 38.2 Å². The standard InChI is InChI=1S/C12H12FN3O/c1-16(12-7-11(13)14-8-15-12)9-4-3-5-10(6-9)17-2/h3-8H,1-2H3. The molecule has 0 aliphatic rings. The summed E-state index contributed by atoms with van der Waals surface area (Å²) < 4.78 is 18.1. The molecule has 88 valence electrons. The van der Waals surface area contributed by atoms with Gasteiger partial charge in [-0.2, -0.15) is 4.39 Å². The highest BCUT2D eigenvalue weighted by atomic mass is 19.1. The van der Waals surface area contributed by atoms with Crippen molar-refractivity contribution in [3.63, 3.8) is 0 Å². The number of anilines is 2. The summed E-state index contributed by atoms with van der Waals surface area (Å²) in [5.41, 5.74) is 0.863. The van der Waals surface area contributed by atoms with Gasteiger partial charge in [0.15, 0.2) is 0 Å². The monoisotopic (exact) mass is 233 g/mol. The first-order valence-corrected chi connectivity index (χ1v) is 5.06. The summed E-state index contributed by atoms with van der Waals surface area (Å²) in [7, 11) is 3.40. The van der Waals surface area contributed by atoms with E-state index in [0.717, 1.165) is 11.4 Å². The van der Waals surface area contributed by atoms with Crippen molar-refractivity contribution in [1.29, 1.82) is 0 Å². The molecule has 2 rings (SSSR count). The smallest absolute Gasteiger partial charge is 0.218 e. The molecule has 0 unspecified atom stereocenters. The number of aromatic nitrogens is 2. The van der Waals surface area contributed by atoms with E-state index in [4.69, 9.17) is 4.74 Å². The number of benzene rings is 1. The maximum absolute atomic E-state index is 13.0. The van der Waals surface area contributed by atoms with E-state index in [1.165, 1.54) is 12.4 Å². The van der Waals surface area contributed by atoms with E-state index in [9.17, 15) is 4.39 Å². The van der Waals surface area contributed by atoms with Crippen LogP contribution in [0, 0.1) is 5.95 Å². The fourth-order valence-corrected chi connectivity index (χ4v) is 1.46. The minimum atomic E-state index is -0.551. The highest BCUT2D eigenvalue weighted by Gasteiger charge is 2.07. The van der Waals surface area contributed by atoms with Crippen LogP contribution in [0.5, 0.6) is 5.75 Å². The molecule has 1 aromatic heterocycles. The average molecular weight is 233 g/mol. The van der Waals surface area contributed by atoms with Gasteiger partial charge in [0.1, 0.15) is 17.9 Å². The first kappa shape index (κ1) is 11.3. The van der Waals surface area contributed by atoms with E-state index < -0.39 is 5.95 Å². The Hall–Kier alpha value is -2.17. The fourth-order valence-electron chi connectivity index (χ4n) is 1.46. The molecule has 0 N–H and O–H groups in total. The molecule has 0 bridgehead atoms. The Balaban J connectivity index is 2.33. The Morgan fingerprint density at radius 3 is 2.76 bits per heavy atom. The predicted octanol–water partition coefficient (Wildman–Crippen LogP) is 2.39. The van der Waals surface area contributed by atoms with Gasteiger partial charge in [-0.3, -0.25) is 0 Å². The molecule has 0 saturated carbocycles. The highest BCUT2D eigenvalue weighted by Crippen LogP contribution is 2.25. The van der Waals surface area contributed by atoms with Gasteiger partial charge in [-0.15, -0.1) is 0 Å². The van der Waals surface area contributed by atoms with Crippen molar-refractivity contribution in [2.24, 2.45) is 0 Å². The Morgan fingerprint density at radius 2 is 2.06 bits per heavy atom. The van der Waals surface area contributed by atoms with E-state index in [2.05, 4.69) is 9.97 Å². The van der Waals surface area contributed by atoms with E-state index in [0.29, 0.717) is 5.82 Å². The van der Waals surface area contributed by atoms with Crippen molar-refractivity contribution >= 4 is 11.5 Å². The molecule has 0 aliphatic carbocycles. The van der Waals surface area contributed by atoms with Crippen molar-refractivity contribution in [3.8, 4) is 5.75 Å². The summed E-state index contributed by atoms with van der Waals surface area (Å²) >= 11 is 0. The summed E-state index contributed by atoms with van der Waals surface area (Å²) in [6.45, 7) is 0. The molecular formula is C12H12FN3O. The molecule has 17 heavy (non-hydrogen) atoms. The molecule has 2 aromatic rings. The number of rotatable bonds is 3. The van der Waals surface area contributed by atoms with E-state index >= 15 is 0 Å². The van der Waals surface area contributed by atoms with Crippen LogP contribution in [-0.4, -0.2) is 24.1 Å². The van der Waals surface area contributed by atoms with Crippen molar-refractivity contribution in [3.05, 3.63) is 42.6 Å². The van der Waals surface area contributed by atoms with Gasteiger partial charge < -0.3 is 9.64 Å². The maximum Gasteiger partial charge on any atom is 0.218 e. The molecule has 0 radical (unpaired) electrons. The lowest BCUT2D eigenvalue weighted by molar-refractivity contribution is 0.415. The first-order chi connectivity index (χ1) is 8.20. The number of methoxy groups -OCH3 is 1. The molecular weight excluding hydrogens is 221 g/mol. The number of hydrogen-bond acceptors (Lipinski definition) is 4. The molecule has 0 saturated heterocycles. The van der Waals surface area contributed by atoms with Crippen LogP contribution < -0.4 is 9.64 Å². The Kier molecular flexibility index (Phi) is 3.18. The van der Waals surface area contributed by atoms with Crippen LogP contribution in [0.4, 0.5) is 15.9 Å². The lowest BCUT2D eigenvalue weighted by atomic mass is 10.3. The van der Waals surface area contributed by atoms with E-state index in [1.807, 2.05) is 24.3 Å². The largest absolute Gasteiger partial charge is 0.497 e. The number of nitrogens with zero attached hydrogens (tertiary/aromatic N) is 3. The van der Waals surface area contributed by atoms with Gasteiger partial charge in [0.05, 0.1) is 7.11 Å². The van der Waals surface area contributed by atoms with Crippen LogP contribution in [0.2, 0.25) is 0 Å². The Bertz CT molecular complexity index is 519.